The van der Waals surface area contributed by atoms with Crippen molar-refractivity contribution < 1.29 is 0 Å². The van der Waals surface area contributed by atoms with Crippen molar-refractivity contribution in [2.75, 3.05) is 0 Å². The molecular weight excluding hydrogens is 122 g/mol. The molecule has 0 aliphatic carbocycles. The molecule has 1 nitrogen and oxygen atoms in total. The van der Waals surface area contributed by atoms with E-state index in [-0.39, 0.29) is 0 Å². The molecule has 0 atom stereocenters. The lowest BCUT2D eigenvalue weighted by Gasteiger charge is -1.96. The van der Waals surface area contributed by atoms with Crippen molar-refractivity contribution >= 4 is 5.71 Å². The van der Waals surface area contributed by atoms with Gasteiger partial charge in [0, 0.05) is 18.3 Å². The predicted octanol–water partition coefficient (Wildman–Crippen LogP) is 2.70. The molecule has 1 aliphatic rings. The van der Waals surface area contributed by atoms with E-state index < -0.39 is 0 Å². The fourth-order valence-electron chi connectivity index (χ4n) is 1.04. The van der Waals surface area contributed by atoms with Crippen LogP contribution in [0.1, 0.15) is 25.7 Å². The minimum absolute atomic E-state index is 0.949. The Balaban J connectivity index is 2.48. The smallest absolute Gasteiger partial charge is 0.0227 e. The van der Waals surface area contributed by atoms with Crippen LogP contribution in [-0.2, 0) is 0 Å². The Morgan fingerprint density at radius 1 is 1.70 bits per heavy atom. The minimum atomic E-state index is 0.949. The van der Waals surface area contributed by atoms with Crippen LogP contribution in [0.25, 0.3) is 0 Å². The summed E-state index contributed by atoms with van der Waals surface area (Å²) in [4.78, 5) is 4.28. The normalized spacial score (nSPS) is 17.8. The van der Waals surface area contributed by atoms with Gasteiger partial charge >= 0.3 is 0 Å². The van der Waals surface area contributed by atoms with Crippen LogP contribution in [0.5, 0.6) is 0 Å². The van der Waals surface area contributed by atoms with Crippen LogP contribution in [0, 0.1) is 0 Å². The summed E-state index contributed by atoms with van der Waals surface area (Å²) in [6.07, 6.45) is 10.4. The van der Waals surface area contributed by atoms with Crippen molar-refractivity contribution in [1.29, 1.82) is 0 Å². The molecule has 0 saturated carbocycles. The van der Waals surface area contributed by atoms with Crippen molar-refractivity contribution in [3.63, 3.8) is 0 Å². The van der Waals surface area contributed by atoms with Gasteiger partial charge in [0.15, 0.2) is 0 Å². The van der Waals surface area contributed by atoms with E-state index in [2.05, 4.69) is 17.6 Å². The predicted molar refractivity (Wildman–Crippen MR) is 45.2 cm³/mol. The Labute approximate surface area is 62.2 Å². The van der Waals surface area contributed by atoms with Crippen LogP contribution in [0.3, 0.4) is 0 Å². The molecule has 0 N–H and O–H groups in total. The quantitative estimate of drug-likeness (QED) is 0.516. The summed E-state index contributed by atoms with van der Waals surface area (Å²) in [5, 5.41) is 0. The van der Waals surface area contributed by atoms with Crippen LogP contribution >= 0.6 is 0 Å². The first-order valence-corrected chi connectivity index (χ1v) is 3.75. The number of rotatable bonds is 2. The summed E-state index contributed by atoms with van der Waals surface area (Å²) < 4.78 is 0. The number of hydrogen-bond acceptors (Lipinski definition) is 1. The highest BCUT2D eigenvalue weighted by Gasteiger charge is 1.97. The van der Waals surface area contributed by atoms with E-state index in [1.165, 1.54) is 18.6 Å². The minimum Gasteiger partial charge on any atom is -0.266 e. The van der Waals surface area contributed by atoms with Gasteiger partial charge in [0.25, 0.3) is 0 Å². The Kier molecular flexibility index (Phi) is 2.94. The van der Waals surface area contributed by atoms with Gasteiger partial charge in [0.05, 0.1) is 0 Å². The summed E-state index contributed by atoms with van der Waals surface area (Å²) in [6.45, 7) is 3.68. The SMILES string of the molecule is C=CCC1=NC=CCCC1. The summed E-state index contributed by atoms with van der Waals surface area (Å²) in [5.74, 6) is 0. The third-order valence-electron chi connectivity index (χ3n) is 1.58. The van der Waals surface area contributed by atoms with Crippen LogP contribution in [-0.4, -0.2) is 5.71 Å². The molecule has 54 valence electrons. The van der Waals surface area contributed by atoms with Gasteiger partial charge in [-0.3, -0.25) is 4.99 Å². The molecule has 10 heavy (non-hydrogen) atoms. The Bertz CT molecular complexity index is 166. The molecule has 0 bridgehead atoms. The Morgan fingerprint density at radius 2 is 2.60 bits per heavy atom. The Hall–Kier alpha value is -0.850. The van der Waals surface area contributed by atoms with Crippen LogP contribution < -0.4 is 0 Å². The summed E-state index contributed by atoms with van der Waals surface area (Å²) in [6, 6.07) is 0. The van der Waals surface area contributed by atoms with Crippen molar-refractivity contribution in [2.24, 2.45) is 4.99 Å². The maximum absolute atomic E-state index is 4.28. The van der Waals surface area contributed by atoms with Crippen molar-refractivity contribution in [2.45, 2.75) is 25.7 Å². The molecule has 1 rings (SSSR count). The molecule has 1 heterocycles. The topological polar surface area (TPSA) is 12.4 Å². The summed E-state index contributed by atoms with van der Waals surface area (Å²) in [5.41, 5.74) is 1.27. The second-order valence-electron chi connectivity index (χ2n) is 2.47. The third kappa shape index (κ3) is 2.18. The van der Waals surface area contributed by atoms with Gasteiger partial charge in [-0.25, -0.2) is 0 Å². The van der Waals surface area contributed by atoms with E-state index in [4.69, 9.17) is 0 Å². The maximum atomic E-state index is 4.28. The molecule has 1 aliphatic heterocycles. The van der Waals surface area contributed by atoms with E-state index in [1.54, 1.807) is 0 Å². The first kappa shape index (κ1) is 7.26. The number of allylic oxidation sites excluding steroid dienone is 2. The van der Waals surface area contributed by atoms with E-state index in [0.29, 0.717) is 0 Å². The average molecular weight is 135 g/mol. The van der Waals surface area contributed by atoms with Crippen LogP contribution in [0.4, 0.5) is 0 Å². The maximum Gasteiger partial charge on any atom is 0.0227 e. The summed E-state index contributed by atoms with van der Waals surface area (Å²) >= 11 is 0. The molecule has 0 amide bonds. The fraction of sp³-hybridized carbons (Fsp3) is 0.444. The van der Waals surface area contributed by atoms with Crippen LogP contribution in [0.2, 0.25) is 0 Å². The molecule has 0 unspecified atom stereocenters. The van der Waals surface area contributed by atoms with Gasteiger partial charge in [-0.15, -0.1) is 6.58 Å². The number of nitrogens with zero attached hydrogens (tertiary/aromatic N) is 1. The van der Waals surface area contributed by atoms with E-state index in [1.807, 2.05) is 12.3 Å². The second-order valence-corrected chi connectivity index (χ2v) is 2.47. The molecule has 0 aromatic heterocycles. The number of aliphatic imine (C=N–C) groups is 1. The first-order chi connectivity index (χ1) is 4.93. The van der Waals surface area contributed by atoms with Gasteiger partial charge in [0.1, 0.15) is 0 Å². The highest BCUT2D eigenvalue weighted by atomic mass is 14.7. The largest absolute Gasteiger partial charge is 0.266 e. The zero-order valence-electron chi connectivity index (χ0n) is 6.21. The zero-order valence-corrected chi connectivity index (χ0v) is 6.21. The fourth-order valence-corrected chi connectivity index (χ4v) is 1.04. The highest BCUT2D eigenvalue weighted by Crippen LogP contribution is 2.06. The monoisotopic (exact) mass is 135 g/mol. The molecule has 0 saturated heterocycles. The van der Waals surface area contributed by atoms with Crippen molar-refractivity contribution in [3.05, 3.63) is 24.9 Å². The second kappa shape index (κ2) is 4.04. The average Bonchev–Trinajstić information content (AvgIpc) is 2.17. The molecule has 0 aromatic carbocycles. The number of hydrogen-bond donors (Lipinski definition) is 0. The van der Waals surface area contributed by atoms with Crippen molar-refractivity contribution in [1.82, 2.24) is 0 Å². The molecule has 0 aromatic rings. The molecule has 1 heteroatoms. The molecule has 0 fully saturated rings. The Morgan fingerprint density at radius 3 is 3.40 bits per heavy atom. The first-order valence-electron chi connectivity index (χ1n) is 3.75. The highest BCUT2D eigenvalue weighted by molar-refractivity contribution is 5.86. The molecule has 0 spiro atoms. The van der Waals surface area contributed by atoms with Gasteiger partial charge < -0.3 is 0 Å². The van der Waals surface area contributed by atoms with Crippen LogP contribution in [0.15, 0.2) is 29.9 Å². The van der Waals surface area contributed by atoms with Gasteiger partial charge in [-0.1, -0.05) is 12.2 Å². The van der Waals surface area contributed by atoms with E-state index in [9.17, 15) is 0 Å². The third-order valence-corrected chi connectivity index (χ3v) is 1.58. The van der Waals surface area contributed by atoms with Gasteiger partial charge in [-0.2, -0.15) is 0 Å². The van der Waals surface area contributed by atoms with E-state index in [0.717, 1.165) is 12.8 Å². The summed E-state index contributed by atoms with van der Waals surface area (Å²) in [7, 11) is 0. The molecular formula is C9H13N. The molecule has 0 radical (unpaired) electrons. The van der Waals surface area contributed by atoms with Gasteiger partial charge in [0.2, 0.25) is 0 Å². The lowest BCUT2D eigenvalue weighted by atomic mass is 10.1. The van der Waals surface area contributed by atoms with Gasteiger partial charge in [-0.05, 0) is 19.3 Å². The van der Waals surface area contributed by atoms with E-state index >= 15 is 0 Å². The zero-order chi connectivity index (χ0) is 7.23. The lowest BCUT2D eigenvalue weighted by molar-refractivity contribution is 0.895. The lowest BCUT2D eigenvalue weighted by Crippen LogP contribution is -1.93. The van der Waals surface area contributed by atoms with Crippen molar-refractivity contribution in [3.8, 4) is 0 Å². The standard InChI is InChI=1S/C9H13N/c1-2-6-9-7-4-3-5-8-10-9/h2,5,8H,1,3-4,6-7H2.